The molecule has 0 bridgehead atoms. The Morgan fingerprint density at radius 3 is 2.89 bits per heavy atom. The van der Waals surface area contributed by atoms with E-state index in [1.807, 2.05) is 18.2 Å². The fourth-order valence-electron chi connectivity index (χ4n) is 2.94. The average molecular weight is 259 g/mol. The predicted molar refractivity (Wildman–Crippen MR) is 80.9 cm³/mol. The molecular formula is C17H25NO. The van der Waals surface area contributed by atoms with E-state index in [-0.39, 0.29) is 0 Å². The summed E-state index contributed by atoms with van der Waals surface area (Å²) in [5.74, 6) is 0.653. The van der Waals surface area contributed by atoms with Gasteiger partial charge in [0.15, 0.2) is 0 Å². The Morgan fingerprint density at radius 2 is 2.16 bits per heavy atom. The Hall–Kier alpha value is -1.12. The van der Waals surface area contributed by atoms with Crippen molar-refractivity contribution in [1.29, 1.82) is 0 Å². The van der Waals surface area contributed by atoms with Gasteiger partial charge in [-0.1, -0.05) is 62.2 Å². The summed E-state index contributed by atoms with van der Waals surface area (Å²) < 4.78 is 0. The molecular weight excluding hydrogens is 234 g/mol. The van der Waals surface area contributed by atoms with Crippen molar-refractivity contribution in [3.8, 4) is 0 Å². The lowest BCUT2D eigenvalue weighted by Crippen LogP contribution is -2.44. The molecule has 0 aromatic heterocycles. The molecule has 0 saturated heterocycles. The molecule has 0 spiro atoms. The lowest BCUT2D eigenvalue weighted by molar-refractivity contribution is -0.0109. The minimum atomic E-state index is -0.488. The summed E-state index contributed by atoms with van der Waals surface area (Å²) in [5.41, 5.74) is 0.729. The minimum Gasteiger partial charge on any atom is -0.389 e. The van der Waals surface area contributed by atoms with Gasteiger partial charge in [-0.25, -0.2) is 0 Å². The molecule has 0 heterocycles. The molecule has 104 valence electrons. The van der Waals surface area contributed by atoms with Crippen molar-refractivity contribution < 1.29 is 5.11 Å². The first-order valence-corrected chi connectivity index (χ1v) is 7.33. The summed E-state index contributed by atoms with van der Waals surface area (Å²) in [6.07, 6.45) is 8.51. The molecule has 0 aliphatic heterocycles. The van der Waals surface area contributed by atoms with Crippen LogP contribution in [-0.2, 0) is 0 Å². The molecule has 1 aromatic carbocycles. The van der Waals surface area contributed by atoms with E-state index in [9.17, 15) is 5.11 Å². The Labute approximate surface area is 116 Å². The molecule has 2 nitrogen and oxygen atoms in total. The molecule has 0 amide bonds. The van der Waals surface area contributed by atoms with E-state index < -0.39 is 5.60 Å². The molecule has 19 heavy (non-hydrogen) atoms. The quantitative estimate of drug-likeness (QED) is 0.796. The summed E-state index contributed by atoms with van der Waals surface area (Å²) in [7, 11) is 0. The van der Waals surface area contributed by atoms with Gasteiger partial charge < -0.3 is 10.4 Å². The van der Waals surface area contributed by atoms with Crippen molar-refractivity contribution in [2.24, 2.45) is 5.92 Å². The van der Waals surface area contributed by atoms with E-state index in [1.165, 1.54) is 12.0 Å². The highest BCUT2D eigenvalue weighted by atomic mass is 16.3. The van der Waals surface area contributed by atoms with Crippen molar-refractivity contribution in [2.45, 2.75) is 38.2 Å². The Morgan fingerprint density at radius 1 is 1.37 bits per heavy atom. The van der Waals surface area contributed by atoms with Gasteiger partial charge in [0.2, 0.25) is 0 Å². The van der Waals surface area contributed by atoms with Gasteiger partial charge in [-0.05, 0) is 24.3 Å². The van der Waals surface area contributed by atoms with Crippen LogP contribution in [0.4, 0.5) is 0 Å². The van der Waals surface area contributed by atoms with Crippen LogP contribution in [0.2, 0.25) is 0 Å². The summed E-state index contributed by atoms with van der Waals surface area (Å²) in [6.45, 7) is 3.75. The molecule has 1 fully saturated rings. The van der Waals surface area contributed by atoms with Gasteiger partial charge >= 0.3 is 0 Å². The van der Waals surface area contributed by atoms with Crippen LogP contribution in [0.25, 0.3) is 6.08 Å². The van der Waals surface area contributed by atoms with Crippen LogP contribution in [0.3, 0.4) is 0 Å². The predicted octanol–water partition coefficient (Wildman–Crippen LogP) is 3.23. The maximum atomic E-state index is 10.5. The highest BCUT2D eigenvalue weighted by molar-refractivity contribution is 5.48. The van der Waals surface area contributed by atoms with Crippen LogP contribution in [-0.4, -0.2) is 23.8 Å². The van der Waals surface area contributed by atoms with Gasteiger partial charge in [0.05, 0.1) is 5.60 Å². The zero-order valence-corrected chi connectivity index (χ0v) is 11.8. The van der Waals surface area contributed by atoms with Gasteiger partial charge in [0, 0.05) is 13.1 Å². The van der Waals surface area contributed by atoms with Crippen LogP contribution in [0.1, 0.15) is 38.2 Å². The van der Waals surface area contributed by atoms with E-state index >= 15 is 0 Å². The van der Waals surface area contributed by atoms with Gasteiger partial charge in [0.1, 0.15) is 0 Å². The van der Waals surface area contributed by atoms with E-state index in [0.717, 1.165) is 25.8 Å². The van der Waals surface area contributed by atoms with Gasteiger partial charge in [-0.3, -0.25) is 0 Å². The lowest BCUT2D eigenvalue weighted by Gasteiger charge is -2.35. The Kier molecular flexibility index (Phi) is 5.17. The largest absolute Gasteiger partial charge is 0.389 e. The SMILES string of the molecule is CC1CCCC(O)(CNCC=Cc2ccccc2)C1. The first kappa shape index (κ1) is 14.3. The number of hydrogen-bond donors (Lipinski definition) is 2. The van der Waals surface area contributed by atoms with Crippen LogP contribution < -0.4 is 5.32 Å². The van der Waals surface area contributed by atoms with Gasteiger partial charge in [0.25, 0.3) is 0 Å². The third-order valence-corrected chi connectivity index (χ3v) is 3.89. The normalized spacial score (nSPS) is 27.8. The van der Waals surface area contributed by atoms with Crippen LogP contribution in [0, 0.1) is 5.92 Å². The molecule has 0 radical (unpaired) electrons. The topological polar surface area (TPSA) is 32.3 Å². The van der Waals surface area contributed by atoms with Crippen molar-refractivity contribution in [3.05, 3.63) is 42.0 Å². The molecule has 1 saturated carbocycles. The van der Waals surface area contributed by atoms with E-state index in [4.69, 9.17) is 0 Å². The standard InChI is InChI=1S/C17H25NO/c1-15-7-5-11-17(19,13-15)14-18-12-6-10-16-8-3-2-4-9-16/h2-4,6,8-10,15,18-19H,5,7,11-14H2,1H3. The molecule has 1 aromatic rings. The highest BCUT2D eigenvalue weighted by Gasteiger charge is 2.31. The summed E-state index contributed by atoms with van der Waals surface area (Å²) >= 11 is 0. The number of nitrogens with one attached hydrogen (secondary N) is 1. The molecule has 1 aliphatic carbocycles. The van der Waals surface area contributed by atoms with E-state index in [1.54, 1.807) is 0 Å². The molecule has 2 unspecified atom stereocenters. The zero-order valence-electron chi connectivity index (χ0n) is 11.8. The van der Waals surface area contributed by atoms with Crippen molar-refractivity contribution in [1.82, 2.24) is 5.32 Å². The number of hydrogen-bond acceptors (Lipinski definition) is 2. The summed E-state index contributed by atoms with van der Waals surface area (Å²) in [4.78, 5) is 0. The van der Waals surface area contributed by atoms with Crippen LogP contribution >= 0.6 is 0 Å². The van der Waals surface area contributed by atoms with Gasteiger partial charge in [-0.2, -0.15) is 0 Å². The van der Waals surface area contributed by atoms with Crippen molar-refractivity contribution in [3.63, 3.8) is 0 Å². The first-order chi connectivity index (χ1) is 9.18. The van der Waals surface area contributed by atoms with Crippen molar-refractivity contribution >= 4 is 6.08 Å². The second kappa shape index (κ2) is 6.88. The maximum Gasteiger partial charge on any atom is 0.0774 e. The second-order valence-electron chi connectivity index (χ2n) is 5.87. The average Bonchev–Trinajstić information content (AvgIpc) is 2.39. The monoisotopic (exact) mass is 259 g/mol. The lowest BCUT2D eigenvalue weighted by atomic mass is 9.79. The molecule has 2 atom stereocenters. The Bertz CT molecular complexity index is 401. The number of aliphatic hydroxyl groups is 1. The third-order valence-electron chi connectivity index (χ3n) is 3.89. The molecule has 2 N–H and O–H groups in total. The highest BCUT2D eigenvalue weighted by Crippen LogP contribution is 2.31. The minimum absolute atomic E-state index is 0.488. The zero-order chi connectivity index (χ0) is 13.6. The van der Waals surface area contributed by atoms with Crippen LogP contribution in [0.5, 0.6) is 0 Å². The fourth-order valence-corrected chi connectivity index (χ4v) is 2.94. The fraction of sp³-hybridized carbons (Fsp3) is 0.529. The van der Waals surface area contributed by atoms with E-state index in [2.05, 4.69) is 36.5 Å². The second-order valence-corrected chi connectivity index (χ2v) is 5.87. The van der Waals surface area contributed by atoms with Crippen LogP contribution in [0.15, 0.2) is 36.4 Å². The number of rotatable bonds is 5. The summed E-state index contributed by atoms with van der Waals surface area (Å²) in [5, 5.41) is 13.8. The number of benzene rings is 1. The molecule has 1 aliphatic rings. The first-order valence-electron chi connectivity index (χ1n) is 7.33. The summed E-state index contributed by atoms with van der Waals surface area (Å²) in [6, 6.07) is 10.3. The Balaban J connectivity index is 1.70. The molecule has 2 rings (SSSR count). The van der Waals surface area contributed by atoms with E-state index in [0.29, 0.717) is 12.5 Å². The smallest absolute Gasteiger partial charge is 0.0774 e. The maximum absolute atomic E-state index is 10.5. The van der Waals surface area contributed by atoms with Crippen molar-refractivity contribution in [2.75, 3.05) is 13.1 Å². The third kappa shape index (κ3) is 4.81. The molecule has 2 heteroatoms. The van der Waals surface area contributed by atoms with Gasteiger partial charge in [-0.15, -0.1) is 0 Å².